The molecule has 3 rings (SSSR count). The molecule has 2 aromatic rings. The number of carbonyl (C=O) groups excluding carboxylic acids is 4. The van der Waals surface area contributed by atoms with Gasteiger partial charge in [0, 0.05) is 13.1 Å². The number of aliphatic carboxylic acids is 1. The molecule has 0 saturated carbocycles. The van der Waals surface area contributed by atoms with Gasteiger partial charge in [-0.2, -0.15) is 0 Å². The monoisotopic (exact) mass is 445 g/mol. The van der Waals surface area contributed by atoms with Crippen LogP contribution in [0, 0.1) is 0 Å². The molecule has 2 heterocycles. The van der Waals surface area contributed by atoms with Gasteiger partial charge in [0.2, 0.25) is 17.7 Å². The van der Waals surface area contributed by atoms with E-state index in [0.29, 0.717) is 5.82 Å². The maximum Gasteiger partial charge on any atom is 0.323 e. The maximum absolute atomic E-state index is 12.7. The van der Waals surface area contributed by atoms with E-state index >= 15 is 0 Å². The molecule has 1 fully saturated rings. The topological polar surface area (TPSA) is 162 Å². The van der Waals surface area contributed by atoms with Gasteiger partial charge in [0.05, 0.1) is 37.5 Å². The number of aromatic nitrogens is 2. The van der Waals surface area contributed by atoms with Crippen LogP contribution in [0.4, 0.5) is 0 Å². The fourth-order valence-electron chi connectivity index (χ4n) is 3.48. The summed E-state index contributed by atoms with van der Waals surface area (Å²) in [5.74, 6) is -3.15. The highest BCUT2D eigenvalue weighted by molar-refractivity contribution is 5.94. The molecule has 0 aliphatic carbocycles. The molecule has 12 nitrogen and oxygen atoms in total. The second kappa shape index (κ2) is 9.90. The van der Waals surface area contributed by atoms with Crippen molar-refractivity contribution in [3.8, 4) is 0 Å². The van der Waals surface area contributed by atoms with Gasteiger partial charge in [-0.15, -0.1) is 0 Å². The molecule has 1 aliphatic heterocycles. The summed E-state index contributed by atoms with van der Waals surface area (Å²) in [5.41, 5.74) is 1.50. The molecular formula is C20H23N5O7. The number of carboxylic acid groups (broad SMARTS) is 1. The molecule has 170 valence electrons. The lowest BCUT2D eigenvalue weighted by Gasteiger charge is -2.39. The van der Waals surface area contributed by atoms with Crippen molar-refractivity contribution in [2.24, 2.45) is 0 Å². The number of hydrogen-bond donors (Lipinski definition) is 3. The number of hydrogen-bond acceptors (Lipinski definition) is 7. The number of para-hydroxylation sites is 2. The number of esters is 1. The number of fused-ring (bicyclic) bond motifs is 1. The number of nitrogens with zero attached hydrogens (tertiary/aromatic N) is 3. The first kappa shape index (κ1) is 22.7. The molecular weight excluding hydrogens is 422 g/mol. The lowest BCUT2D eigenvalue weighted by molar-refractivity contribution is -0.158. The molecule has 0 unspecified atom stereocenters. The Kier molecular flexibility index (Phi) is 7.03. The van der Waals surface area contributed by atoms with Crippen molar-refractivity contribution >= 4 is 40.7 Å². The first-order chi connectivity index (χ1) is 15.3. The molecule has 3 N–H and O–H groups in total. The van der Waals surface area contributed by atoms with E-state index in [1.165, 1.54) is 4.90 Å². The van der Waals surface area contributed by atoms with Crippen molar-refractivity contribution in [1.82, 2.24) is 25.1 Å². The smallest absolute Gasteiger partial charge is 0.323 e. The van der Waals surface area contributed by atoms with Gasteiger partial charge < -0.3 is 29.9 Å². The van der Waals surface area contributed by atoms with Gasteiger partial charge in [-0.1, -0.05) is 12.1 Å². The van der Waals surface area contributed by atoms with E-state index in [1.54, 1.807) is 6.07 Å². The molecule has 1 aromatic carbocycles. The van der Waals surface area contributed by atoms with Crippen molar-refractivity contribution in [2.45, 2.75) is 18.9 Å². The predicted octanol–water partition coefficient (Wildman–Crippen LogP) is -1.09. The average Bonchev–Trinajstić information content (AvgIpc) is 3.16. The van der Waals surface area contributed by atoms with Gasteiger partial charge in [0.15, 0.2) is 0 Å². The van der Waals surface area contributed by atoms with E-state index in [2.05, 4.69) is 20.0 Å². The third kappa shape index (κ3) is 5.39. The largest absolute Gasteiger partial charge is 0.480 e. The molecule has 1 aromatic heterocycles. The van der Waals surface area contributed by atoms with E-state index in [0.717, 1.165) is 23.0 Å². The molecule has 3 amide bonds. The molecule has 32 heavy (non-hydrogen) atoms. The minimum Gasteiger partial charge on any atom is -0.480 e. The zero-order chi connectivity index (χ0) is 23.3. The summed E-state index contributed by atoms with van der Waals surface area (Å²) < 4.78 is 4.59. The first-order valence-electron chi connectivity index (χ1n) is 9.85. The Morgan fingerprint density at radius 2 is 2.00 bits per heavy atom. The van der Waals surface area contributed by atoms with Crippen LogP contribution in [0.2, 0.25) is 0 Å². The summed E-state index contributed by atoms with van der Waals surface area (Å²) in [7, 11) is 1.15. The van der Waals surface area contributed by atoms with Gasteiger partial charge >= 0.3 is 11.9 Å². The number of H-pyrrole nitrogens is 1. The molecule has 0 spiro atoms. The van der Waals surface area contributed by atoms with Crippen LogP contribution in [0.1, 0.15) is 12.2 Å². The normalized spacial score (nSPS) is 16.2. The van der Waals surface area contributed by atoms with Crippen molar-refractivity contribution in [1.29, 1.82) is 0 Å². The van der Waals surface area contributed by atoms with E-state index in [1.807, 2.05) is 18.2 Å². The van der Waals surface area contributed by atoms with E-state index in [9.17, 15) is 24.0 Å². The lowest BCUT2D eigenvalue weighted by Crippen LogP contribution is -2.61. The number of nitrogens with one attached hydrogen (secondary N) is 2. The summed E-state index contributed by atoms with van der Waals surface area (Å²) in [5, 5.41) is 11.5. The van der Waals surface area contributed by atoms with Crippen LogP contribution in [0.5, 0.6) is 0 Å². The summed E-state index contributed by atoms with van der Waals surface area (Å²) >= 11 is 0. The molecule has 1 aliphatic rings. The zero-order valence-corrected chi connectivity index (χ0v) is 17.4. The number of imidazole rings is 1. The van der Waals surface area contributed by atoms with Gasteiger partial charge in [0.1, 0.15) is 18.4 Å². The van der Waals surface area contributed by atoms with Crippen LogP contribution in [-0.2, 0) is 35.1 Å². The molecule has 1 atom stereocenters. The molecule has 0 radical (unpaired) electrons. The highest BCUT2D eigenvalue weighted by Crippen LogP contribution is 2.16. The molecule has 12 heteroatoms. The number of ether oxygens (including phenoxy) is 1. The zero-order valence-electron chi connectivity index (χ0n) is 17.4. The fraction of sp³-hybridized carbons (Fsp3) is 0.400. The van der Waals surface area contributed by atoms with Crippen LogP contribution in [0.25, 0.3) is 11.0 Å². The highest BCUT2D eigenvalue weighted by atomic mass is 16.5. The van der Waals surface area contributed by atoms with Gasteiger partial charge in [-0.05, 0) is 12.1 Å². The Bertz CT molecular complexity index is 1020. The van der Waals surface area contributed by atoms with Crippen molar-refractivity contribution in [2.75, 3.05) is 33.3 Å². The second-order valence-electron chi connectivity index (χ2n) is 7.19. The molecule has 1 saturated heterocycles. The van der Waals surface area contributed by atoms with E-state index in [-0.39, 0.29) is 26.1 Å². The van der Waals surface area contributed by atoms with Crippen molar-refractivity contribution in [3.05, 3.63) is 30.1 Å². The van der Waals surface area contributed by atoms with E-state index in [4.69, 9.17) is 5.11 Å². The van der Waals surface area contributed by atoms with Crippen LogP contribution in [0.15, 0.2) is 24.3 Å². The van der Waals surface area contributed by atoms with Gasteiger partial charge in [-0.3, -0.25) is 24.0 Å². The minimum atomic E-state index is -1.20. The summed E-state index contributed by atoms with van der Waals surface area (Å²) in [6, 6.07) is 6.10. The Balaban J connectivity index is 1.61. The average molecular weight is 445 g/mol. The number of benzene rings is 1. The first-order valence-corrected chi connectivity index (χ1v) is 9.85. The SMILES string of the molecule is COC(=O)C[C@H]1C(=O)N(CC(=O)O)CCN1C(=O)CNC(=O)Cc1nc2ccccc2[nH]1. The Morgan fingerprint density at radius 1 is 1.25 bits per heavy atom. The minimum absolute atomic E-state index is 0.00147. The van der Waals surface area contributed by atoms with Crippen molar-refractivity contribution in [3.63, 3.8) is 0 Å². The summed E-state index contributed by atoms with van der Waals surface area (Å²) in [6.07, 6.45) is -0.483. The summed E-state index contributed by atoms with van der Waals surface area (Å²) in [6.45, 7) is -0.893. The number of carbonyl (C=O) groups is 5. The third-order valence-electron chi connectivity index (χ3n) is 5.02. The number of aromatic amines is 1. The highest BCUT2D eigenvalue weighted by Gasteiger charge is 2.39. The quantitative estimate of drug-likeness (QED) is 0.432. The second-order valence-corrected chi connectivity index (χ2v) is 7.19. The Labute approximate surface area is 182 Å². The van der Waals surface area contributed by atoms with Crippen LogP contribution < -0.4 is 5.32 Å². The predicted molar refractivity (Wildman–Crippen MR) is 109 cm³/mol. The number of carboxylic acids is 1. The standard InChI is InChI=1S/C20H23N5O7/c1-32-19(30)8-14-20(31)24(11-18(28)29)6-7-25(14)17(27)10-21-16(26)9-15-22-12-4-2-3-5-13(12)23-15/h2-5,14H,6-11H2,1H3,(H,21,26)(H,22,23)(H,28,29)/t14-/m0/s1. The summed E-state index contributed by atoms with van der Waals surface area (Å²) in [4.78, 5) is 69.9. The van der Waals surface area contributed by atoms with Gasteiger partial charge in [0.25, 0.3) is 0 Å². The van der Waals surface area contributed by atoms with Crippen LogP contribution >= 0.6 is 0 Å². The Hall–Kier alpha value is -3.96. The number of amides is 3. The number of methoxy groups -OCH3 is 1. The number of piperazine rings is 1. The maximum atomic E-state index is 12.7. The van der Waals surface area contributed by atoms with Crippen LogP contribution in [-0.4, -0.2) is 93.9 Å². The van der Waals surface area contributed by atoms with Crippen LogP contribution in [0.3, 0.4) is 0 Å². The molecule has 0 bridgehead atoms. The van der Waals surface area contributed by atoms with E-state index < -0.39 is 48.7 Å². The lowest BCUT2D eigenvalue weighted by atomic mass is 10.1. The number of rotatable bonds is 8. The third-order valence-corrected chi connectivity index (χ3v) is 5.02. The van der Waals surface area contributed by atoms with Gasteiger partial charge in [-0.25, -0.2) is 4.98 Å². The Morgan fingerprint density at radius 3 is 2.69 bits per heavy atom. The fourth-order valence-corrected chi connectivity index (χ4v) is 3.48. The van der Waals surface area contributed by atoms with Crippen molar-refractivity contribution < 1.29 is 33.8 Å².